The Morgan fingerprint density at radius 3 is 2.27 bits per heavy atom. The van der Waals surface area contributed by atoms with Gasteiger partial charge in [-0.1, -0.05) is 36.4 Å². The van der Waals surface area contributed by atoms with Crippen molar-refractivity contribution in [3.8, 4) is 17.2 Å². The fraction of sp³-hybridized carbons (Fsp3) is 0.323. The van der Waals surface area contributed by atoms with Crippen LogP contribution in [0.3, 0.4) is 0 Å². The summed E-state index contributed by atoms with van der Waals surface area (Å²) in [5.41, 5.74) is 2.76. The second kappa shape index (κ2) is 13.8. The molecule has 1 unspecified atom stereocenters. The van der Waals surface area contributed by atoms with E-state index in [1.807, 2.05) is 60.4 Å². The monoisotopic (exact) mass is 561 g/mol. The van der Waals surface area contributed by atoms with Gasteiger partial charge in [-0.25, -0.2) is 0 Å². The van der Waals surface area contributed by atoms with E-state index in [9.17, 15) is 9.59 Å². The number of benzene rings is 3. The molecule has 9 heteroatoms. The highest BCUT2D eigenvalue weighted by molar-refractivity contribution is 7.80. The predicted molar refractivity (Wildman–Crippen MR) is 159 cm³/mol. The summed E-state index contributed by atoms with van der Waals surface area (Å²) in [5.74, 6) is 1.60. The van der Waals surface area contributed by atoms with Gasteiger partial charge in [0.05, 0.1) is 27.2 Å². The normalized spacial score (nSPS) is 14.8. The third-order valence-electron chi connectivity index (χ3n) is 6.79. The van der Waals surface area contributed by atoms with E-state index in [0.29, 0.717) is 54.8 Å². The molecule has 40 heavy (non-hydrogen) atoms. The number of nitrogens with zero attached hydrogens (tertiary/aromatic N) is 2. The van der Waals surface area contributed by atoms with E-state index >= 15 is 0 Å². The Labute approximate surface area is 240 Å². The Balaban J connectivity index is 1.48. The van der Waals surface area contributed by atoms with Gasteiger partial charge in [-0.05, 0) is 79.5 Å². The molecule has 0 aliphatic carbocycles. The molecule has 0 saturated carbocycles. The van der Waals surface area contributed by atoms with E-state index < -0.39 is 6.04 Å². The number of thiocarbonyl (C=S) groups is 1. The Kier molecular flexibility index (Phi) is 9.96. The lowest BCUT2D eigenvalue weighted by Crippen LogP contribution is -2.39. The first-order valence-electron chi connectivity index (χ1n) is 13.3. The molecule has 2 amide bonds. The highest BCUT2D eigenvalue weighted by Gasteiger charge is 2.42. The molecule has 210 valence electrons. The molecular weight excluding hydrogens is 526 g/mol. The van der Waals surface area contributed by atoms with Crippen molar-refractivity contribution in [3.05, 3.63) is 83.9 Å². The van der Waals surface area contributed by atoms with Crippen LogP contribution >= 0.6 is 12.2 Å². The smallest absolute Gasteiger partial charge is 0.252 e. The molecule has 1 heterocycles. The first-order valence-corrected chi connectivity index (χ1v) is 13.7. The molecular formula is C31H35N3O5S. The third kappa shape index (κ3) is 7.09. The number of hydrogen-bond donors (Lipinski definition) is 1. The SMILES string of the molecule is CCOc1ccc(NC(=O)CC2C(=O)N(CCc3ccccc3)C(=S)N2CCc2ccc(OC)c(OC)c2)cc1. The minimum atomic E-state index is -0.689. The van der Waals surface area contributed by atoms with Crippen LogP contribution < -0.4 is 19.5 Å². The molecule has 0 spiro atoms. The van der Waals surface area contributed by atoms with Crippen molar-refractivity contribution in [1.29, 1.82) is 0 Å². The second-order valence-electron chi connectivity index (χ2n) is 9.37. The van der Waals surface area contributed by atoms with Crippen molar-refractivity contribution in [2.45, 2.75) is 32.2 Å². The van der Waals surface area contributed by atoms with Crippen molar-refractivity contribution in [1.82, 2.24) is 9.80 Å². The Morgan fingerprint density at radius 1 is 0.900 bits per heavy atom. The van der Waals surface area contributed by atoms with Crippen LogP contribution in [0.1, 0.15) is 24.5 Å². The topological polar surface area (TPSA) is 80.3 Å². The summed E-state index contributed by atoms with van der Waals surface area (Å²) in [6, 6.07) is 22.2. The van der Waals surface area contributed by atoms with Gasteiger partial charge in [-0.2, -0.15) is 0 Å². The largest absolute Gasteiger partial charge is 0.494 e. The maximum atomic E-state index is 13.6. The molecule has 1 aliphatic rings. The summed E-state index contributed by atoms with van der Waals surface area (Å²) < 4.78 is 16.3. The summed E-state index contributed by atoms with van der Waals surface area (Å²) in [6.07, 6.45) is 1.26. The summed E-state index contributed by atoms with van der Waals surface area (Å²) >= 11 is 5.80. The van der Waals surface area contributed by atoms with Crippen LogP contribution in [-0.4, -0.2) is 66.7 Å². The Hall–Kier alpha value is -4.11. The molecule has 0 radical (unpaired) electrons. The second-order valence-corrected chi connectivity index (χ2v) is 9.73. The van der Waals surface area contributed by atoms with Gasteiger partial charge in [0, 0.05) is 18.8 Å². The summed E-state index contributed by atoms with van der Waals surface area (Å²) in [6.45, 7) is 3.41. The van der Waals surface area contributed by atoms with Crippen LogP contribution in [0.2, 0.25) is 0 Å². The maximum Gasteiger partial charge on any atom is 0.252 e. The van der Waals surface area contributed by atoms with Crippen LogP contribution in [0.4, 0.5) is 5.69 Å². The molecule has 0 aromatic heterocycles. The number of carbonyl (C=O) groups is 2. The van der Waals surface area contributed by atoms with Gasteiger partial charge in [-0.15, -0.1) is 0 Å². The lowest BCUT2D eigenvalue weighted by atomic mass is 10.1. The molecule has 1 saturated heterocycles. The minimum Gasteiger partial charge on any atom is -0.494 e. The third-order valence-corrected chi connectivity index (χ3v) is 7.24. The number of rotatable bonds is 13. The standard InChI is InChI=1S/C31H35N3O5S/c1-4-39-25-13-11-24(12-14-25)32-29(35)21-26-30(36)34(19-16-22-8-6-5-7-9-22)31(40)33(26)18-17-23-10-15-27(37-2)28(20-23)38-3/h5-15,20,26H,4,16-19,21H2,1-3H3,(H,32,35). The first kappa shape index (κ1) is 28.9. The zero-order valence-corrected chi connectivity index (χ0v) is 23.9. The Bertz CT molecular complexity index is 1320. The number of nitrogens with one attached hydrogen (secondary N) is 1. The average molecular weight is 562 g/mol. The first-order chi connectivity index (χ1) is 19.4. The van der Waals surface area contributed by atoms with Crippen molar-refractivity contribution < 1.29 is 23.8 Å². The van der Waals surface area contributed by atoms with E-state index in [1.54, 1.807) is 43.4 Å². The summed E-state index contributed by atoms with van der Waals surface area (Å²) in [4.78, 5) is 30.2. The molecule has 3 aromatic carbocycles. The average Bonchev–Trinajstić information content (AvgIpc) is 3.19. The lowest BCUT2D eigenvalue weighted by Gasteiger charge is -2.24. The van der Waals surface area contributed by atoms with Crippen molar-refractivity contribution in [2.24, 2.45) is 0 Å². The molecule has 3 aromatic rings. The number of methoxy groups -OCH3 is 2. The van der Waals surface area contributed by atoms with E-state index in [4.69, 9.17) is 26.4 Å². The van der Waals surface area contributed by atoms with E-state index in [-0.39, 0.29) is 18.2 Å². The molecule has 1 aliphatic heterocycles. The molecule has 1 atom stereocenters. The number of hydrogen-bond acceptors (Lipinski definition) is 6. The van der Waals surface area contributed by atoms with Gasteiger partial charge in [0.25, 0.3) is 5.91 Å². The predicted octanol–water partition coefficient (Wildman–Crippen LogP) is 4.71. The van der Waals surface area contributed by atoms with Gasteiger partial charge in [-0.3, -0.25) is 14.5 Å². The molecule has 1 N–H and O–H groups in total. The summed E-state index contributed by atoms with van der Waals surface area (Å²) in [7, 11) is 3.19. The highest BCUT2D eigenvalue weighted by atomic mass is 32.1. The van der Waals surface area contributed by atoms with Gasteiger partial charge in [0.1, 0.15) is 11.8 Å². The fourth-order valence-corrected chi connectivity index (χ4v) is 5.11. The van der Waals surface area contributed by atoms with E-state index in [2.05, 4.69) is 5.32 Å². The lowest BCUT2D eigenvalue weighted by molar-refractivity contribution is -0.130. The van der Waals surface area contributed by atoms with E-state index in [0.717, 1.165) is 16.9 Å². The highest BCUT2D eigenvalue weighted by Crippen LogP contribution is 2.29. The van der Waals surface area contributed by atoms with Crippen LogP contribution in [0.5, 0.6) is 17.2 Å². The van der Waals surface area contributed by atoms with Crippen molar-refractivity contribution in [2.75, 3.05) is 39.2 Å². The van der Waals surface area contributed by atoms with Crippen LogP contribution in [0.25, 0.3) is 0 Å². The molecule has 8 nitrogen and oxygen atoms in total. The number of amides is 2. The number of anilines is 1. The van der Waals surface area contributed by atoms with E-state index in [1.165, 1.54) is 0 Å². The van der Waals surface area contributed by atoms with Crippen LogP contribution in [0, 0.1) is 0 Å². The van der Waals surface area contributed by atoms with Crippen LogP contribution in [0.15, 0.2) is 72.8 Å². The van der Waals surface area contributed by atoms with Gasteiger partial charge in [0.15, 0.2) is 16.6 Å². The number of ether oxygens (including phenoxy) is 3. The van der Waals surface area contributed by atoms with Gasteiger partial charge < -0.3 is 24.4 Å². The summed E-state index contributed by atoms with van der Waals surface area (Å²) in [5, 5.41) is 3.35. The van der Waals surface area contributed by atoms with Crippen molar-refractivity contribution >= 4 is 34.8 Å². The Morgan fingerprint density at radius 2 is 1.60 bits per heavy atom. The molecule has 1 fully saturated rings. The fourth-order valence-electron chi connectivity index (χ4n) is 4.71. The van der Waals surface area contributed by atoms with Gasteiger partial charge in [0.2, 0.25) is 5.91 Å². The van der Waals surface area contributed by atoms with Crippen LogP contribution in [-0.2, 0) is 22.4 Å². The van der Waals surface area contributed by atoms with Crippen molar-refractivity contribution in [3.63, 3.8) is 0 Å². The zero-order chi connectivity index (χ0) is 28.5. The number of carbonyl (C=O) groups excluding carboxylic acids is 2. The quantitative estimate of drug-likeness (QED) is 0.303. The van der Waals surface area contributed by atoms with Gasteiger partial charge >= 0.3 is 0 Å². The molecule has 0 bridgehead atoms. The maximum absolute atomic E-state index is 13.6. The minimum absolute atomic E-state index is 0.0139. The molecule has 4 rings (SSSR count). The zero-order valence-electron chi connectivity index (χ0n) is 23.1.